The number of piperidine rings is 1. The molecule has 1 heterocycles. The maximum atomic E-state index is 5.94. The Hall–Kier alpha value is -1.18. The Kier molecular flexibility index (Phi) is 9.17. The summed E-state index contributed by atoms with van der Waals surface area (Å²) in [4.78, 5) is 2.40. The second-order valence-corrected chi connectivity index (χ2v) is 4.23. The summed E-state index contributed by atoms with van der Waals surface area (Å²) in [7, 11) is 0. The monoisotopic (exact) mass is 250 g/mol. The second kappa shape index (κ2) is 9.81. The van der Waals surface area contributed by atoms with Gasteiger partial charge in [0.1, 0.15) is 0 Å². The Labute approximate surface area is 113 Å². The first-order chi connectivity index (χ1) is 8.77. The minimum absolute atomic E-state index is 0.871. The summed E-state index contributed by atoms with van der Waals surface area (Å²) in [6.07, 6.45) is 2.57. The molecule has 0 unspecified atom stereocenters. The number of rotatable bonds is 1. The molecule has 0 bridgehead atoms. The molecule has 1 aromatic rings. The van der Waals surface area contributed by atoms with Crippen molar-refractivity contribution in [3.8, 4) is 0 Å². The van der Waals surface area contributed by atoms with E-state index in [0.29, 0.717) is 0 Å². The van der Waals surface area contributed by atoms with E-state index in [2.05, 4.69) is 24.0 Å². The highest BCUT2D eigenvalue weighted by atomic mass is 15.1. The number of nitrogen functional groups attached to an aromatic ring is 1. The molecule has 2 nitrogen and oxygen atoms in total. The maximum Gasteiger partial charge on any atom is 0.0599 e. The topological polar surface area (TPSA) is 29.3 Å². The average molecular weight is 250 g/mol. The lowest BCUT2D eigenvalue weighted by Crippen LogP contribution is -2.33. The van der Waals surface area contributed by atoms with E-state index in [1.54, 1.807) is 0 Å². The molecular weight excluding hydrogens is 220 g/mol. The van der Waals surface area contributed by atoms with Gasteiger partial charge in [0, 0.05) is 13.1 Å². The molecule has 104 valence electrons. The molecule has 0 atom stereocenters. The van der Waals surface area contributed by atoms with Crippen LogP contribution in [0.4, 0.5) is 11.4 Å². The average Bonchev–Trinajstić information content (AvgIpc) is 2.45. The van der Waals surface area contributed by atoms with Gasteiger partial charge in [-0.25, -0.2) is 0 Å². The largest absolute Gasteiger partial charge is 0.397 e. The summed E-state index contributed by atoms with van der Waals surface area (Å²) < 4.78 is 0. The first-order valence-electron chi connectivity index (χ1n) is 7.37. The summed E-state index contributed by atoms with van der Waals surface area (Å²) in [5, 5.41) is 0. The van der Waals surface area contributed by atoms with Crippen LogP contribution in [-0.2, 0) is 0 Å². The van der Waals surface area contributed by atoms with E-state index in [4.69, 9.17) is 5.73 Å². The first kappa shape index (κ1) is 16.8. The van der Waals surface area contributed by atoms with Crippen molar-refractivity contribution in [3.63, 3.8) is 0 Å². The molecule has 1 aliphatic rings. The lowest BCUT2D eigenvalue weighted by Gasteiger charge is -2.32. The molecule has 1 fully saturated rings. The molecular formula is C16H30N2. The molecule has 1 saturated heterocycles. The van der Waals surface area contributed by atoms with Crippen LogP contribution in [0.3, 0.4) is 0 Å². The van der Waals surface area contributed by atoms with Gasteiger partial charge in [0.25, 0.3) is 0 Å². The van der Waals surface area contributed by atoms with Crippen molar-refractivity contribution in [2.45, 2.75) is 47.5 Å². The Morgan fingerprint density at radius 2 is 1.50 bits per heavy atom. The first-order valence-corrected chi connectivity index (χ1v) is 7.37. The second-order valence-electron chi connectivity index (χ2n) is 4.23. The summed E-state index contributed by atoms with van der Waals surface area (Å²) in [5.74, 6) is 0.871. The van der Waals surface area contributed by atoms with Crippen LogP contribution in [0.1, 0.15) is 47.5 Å². The number of hydrogen-bond acceptors (Lipinski definition) is 2. The van der Waals surface area contributed by atoms with Crippen molar-refractivity contribution in [1.82, 2.24) is 0 Å². The van der Waals surface area contributed by atoms with Crippen LogP contribution in [0, 0.1) is 5.92 Å². The Bertz CT molecular complexity index is 302. The van der Waals surface area contributed by atoms with Crippen molar-refractivity contribution in [1.29, 1.82) is 0 Å². The summed E-state index contributed by atoms with van der Waals surface area (Å²) in [6.45, 7) is 12.6. The molecule has 2 N–H and O–H groups in total. The minimum Gasteiger partial charge on any atom is -0.397 e. The van der Waals surface area contributed by atoms with Gasteiger partial charge in [-0.15, -0.1) is 0 Å². The van der Waals surface area contributed by atoms with Crippen LogP contribution in [0.25, 0.3) is 0 Å². The Balaban J connectivity index is 0.000000659. The number of hydrogen-bond donors (Lipinski definition) is 1. The number of nitrogens with two attached hydrogens (primary N) is 1. The van der Waals surface area contributed by atoms with E-state index in [1.165, 1.54) is 18.5 Å². The zero-order valence-electron chi connectivity index (χ0n) is 12.7. The summed E-state index contributed by atoms with van der Waals surface area (Å²) in [6, 6.07) is 8.15. The predicted octanol–water partition coefficient (Wildman–Crippen LogP) is 4.56. The highest BCUT2D eigenvalue weighted by molar-refractivity contribution is 5.67. The lowest BCUT2D eigenvalue weighted by atomic mass is 9.98. The molecule has 0 radical (unpaired) electrons. The molecule has 0 saturated carbocycles. The van der Waals surface area contributed by atoms with Gasteiger partial charge in [0.2, 0.25) is 0 Å². The van der Waals surface area contributed by atoms with Gasteiger partial charge in [-0.3, -0.25) is 0 Å². The highest BCUT2D eigenvalue weighted by Crippen LogP contribution is 2.27. The summed E-state index contributed by atoms with van der Waals surface area (Å²) >= 11 is 0. The summed E-state index contributed by atoms with van der Waals surface area (Å²) in [5.41, 5.74) is 8.06. The van der Waals surface area contributed by atoms with Gasteiger partial charge >= 0.3 is 0 Å². The molecule has 2 rings (SSSR count). The lowest BCUT2D eigenvalue weighted by molar-refractivity contribution is 0.439. The molecule has 1 aromatic carbocycles. The van der Waals surface area contributed by atoms with Crippen molar-refractivity contribution in [2.24, 2.45) is 5.92 Å². The number of anilines is 2. The van der Waals surface area contributed by atoms with Gasteiger partial charge in [-0.1, -0.05) is 46.8 Å². The van der Waals surface area contributed by atoms with Gasteiger partial charge in [0.05, 0.1) is 11.4 Å². The Morgan fingerprint density at radius 3 is 2.00 bits per heavy atom. The van der Waals surface area contributed by atoms with Crippen molar-refractivity contribution < 1.29 is 0 Å². The van der Waals surface area contributed by atoms with Gasteiger partial charge in [-0.05, 0) is 30.9 Å². The van der Waals surface area contributed by atoms with E-state index in [9.17, 15) is 0 Å². The van der Waals surface area contributed by atoms with Gasteiger partial charge < -0.3 is 10.6 Å². The molecule has 0 amide bonds. The molecule has 0 aliphatic carbocycles. The highest BCUT2D eigenvalue weighted by Gasteiger charge is 2.16. The van der Waals surface area contributed by atoms with E-state index >= 15 is 0 Å². The number of nitrogens with zero attached hydrogens (tertiary/aromatic N) is 1. The zero-order chi connectivity index (χ0) is 14.0. The third-order valence-corrected chi connectivity index (χ3v) is 3.06. The van der Waals surface area contributed by atoms with Crippen LogP contribution in [-0.4, -0.2) is 13.1 Å². The number of para-hydroxylation sites is 2. The smallest absolute Gasteiger partial charge is 0.0599 e. The maximum absolute atomic E-state index is 5.94. The van der Waals surface area contributed by atoms with Crippen molar-refractivity contribution in [3.05, 3.63) is 24.3 Å². The van der Waals surface area contributed by atoms with E-state index in [1.807, 2.05) is 39.8 Å². The van der Waals surface area contributed by atoms with Crippen molar-refractivity contribution >= 4 is 11.4 Å². The van der Waals surface area contributed by atoms with E-state index < -0.39 is 0 Å². The zero-order valence-corrected chi connectivity index (χ0v) is 12.7. The molecule has 2 heteroatoms. The van der Waals surface area contributed by atoms with Crippen LogP contribution >= 0.6 is 0 Å². The van der Waals surface area contributed by atoms with Gasteiger partial charge in [0.15, 0.2) is 0 Å². The fraction of sp³-hybridized carbons (Fsp3) is 0.625. The standard InChI is InChI=1S/C12H18N2.2C2H6/c1-10-6-8-14(9-7-10)12-5-3-2-4-11(12)13;2*1-2/h2-5,10H,6-9,13H2,1H3;2*1-2H3. The molecule has 0 spiro atoms. The van der Waals surface area contributed by atoms with Crippen molar-refractivity contribution in [2.75, 3.05) is 23.7 Å². The quantitative estimate of drug-likeness (QED) is 0.740. The SMILES string of the molecule is CC.CC.CC1CCN(c2ccccc2N)CC1. The molecule has 18 heavy (non-hydrogen) atoms. The predicted molar refractivity (Wildman–Crippen MR) is 84.2 cm³/mol. The third-order valence-electron chi connectivity index (χ3n) is 3.06. The van der Waals surface area contributed by atoms with E-state index in [-0.39, 0.29) is 0 Å². The van der Waals surface area contributed by atoms with Crippen LogP contribution < -0.4 is 10.6 Å². The van der Waals surface area contributed by atoms with Crippen LogP contribution in [0.2, 0.25) is 0 Å². The van der Waals surface area contributed by atoms with Crippen LogP contribution in [0.5, 0.6) is 0 Å². The van der Waals surface area contributed by atoms with Gasteiger partial charge in [-0.2, -0.15) is 0 Å². The fourth-order valence-corrected chi connectivity index (χ4v) is 2.03. The normalized spacial score (nSPS) is 15.1. The number of benzene rings is 1. The minimum atomic E-state index is 0.871. The van der Waals surface area contributed by atoms with E-state index in [0.717, 1.165) is 24.7 Å². The van der Waals surface area contributed by atoms with Crippen LogP contribution in [0.15, 0.2) is 24.3 Å². The molecule has 1 aliphatic heterocycles. The Morgan fingerprint density at radius 1 is 1.00 bits per heavy atom. The fourth-order valence-electron chi connectivity index (χ4n) is 2.03. The third kappa shape index (κ3) is 4.99. The molecule has 0 aromatic heterocycles.